The van der Waals surface area contributed by atoms with Crippen LogP contribution in [0.5, 0.6) is 0 Å². The SMILES string of the molecule is CN1CCC(OC(=O)OCCC(C=O)COCc2ccccc2)CC1. The summed E-state index contributed by atoms with van der Waals surface area (Å²) >= 11 is 0. The molecule has 1 atom stereocenters. The van der Waals surface area contributed by atoms with Gasteiger partial charge in [0.25, 0.3) is 0 Å². The summed E-state index contributed by atoms with van der Waals surface area (Å²) in [7, 11) is 2.05. The molecule has 1 saturated heterocycles. The maximum atomic E-state index is 11.7. The zero-order chi connectivity index (χ0) is 17.9. The average molecular weight is 349 g/mol. The molecule has 0 N–H and O–H groups in total. The van der Waals surface area contributed by atoms with E-state index in [2.05, 4.69) is 4.90 Å². The maximum absolute atomic E-state index is 11.7. The lowest BCUT2D eigenvalue weighted by atomic mass is 10.1. The van der Waals surface area contributed by atoms with Crippen LogP contribution in [-0.2, 0) is 25.6 Å². The number of piperidine rings is 1. The predicted octanol–water partition coefficient (Wildman–Crippen LogP) is 2.66. The van der Waals surface area contributed by atoms with Gasteiger partial charge in [0, 0.05) is 19.0 Å². The zero-order valence-electron chi connectivity index (χ0n) is 14.8. The van der Waals surface area contributed by atoms with Crippen LogP contribution in [0, 0.1) is 5.92 Å². The first kappa shape index (κ1) is 19.4. The van der Waals surface area contributed by atoms with E-state index >= 15 is 0 Å². The molecule has 2 rings (SSSR count). The molecule has 1 heterocycles. The van der Waals surface area contributed by atoms with Gasteiger partial charge in [-0.25, -0.2) is 4.79 Å². The molecule has 6 heteroatoms. The number of benzene rings is 1. The molecular formula is C19H27NO5. The van der Waals surface area contributed by atoms with Gasteiger partial charge in [-0.15, -0.1) is 0 Å². The van der Waals surface area contributed by atoms with E-state index < -0.39 is 6.16 Å². The van der Waals surface area contributed by atoms with Gasteiger partial charge < -0.3 is 23.9 Å². The third kappa shape index (κ3) is 7.67. The Kier molecular flexibility index (Phi) is 8.42. The predicted molar refractivity (Wildman–Crippen MR) is 93.2 cm³/mol. The van der Waals surface area contributed by atoms with Crippen molar-refractivity contribution in [2.45, 2.75) is 32.0 Å². The lowest BCUT2D eigenvalue weighted by Gasteiger charge is -2.28. The molecule has 138 valence electrons. The maximum Gasteiger partial charge on any atom is 0.508 e. The number of hydrogen-bond donors (Lipinski definition) is 0. The number of aldehydes is 1. The molecule has 0 radical (unpaired) electrons. The fourth-order valence-electron chi connectivity index (χ4n) is 2.66. The fraction of sp³-hybridized carbons (Fsp3) is 0.579. The standard InChI is InChI=1S/C19H27NO5/c1-20-10-7-18(8-11-20)25-19(22)24-12-9-17(13-21)15-23-14-16-5-3-2-4-6-16/h2-6,13,17-18H,7-12,14-15H2,1H3. The minimum absolute atomic E-state index is 0.0697. The van der Waals surface area contributed by atoms with Crippen molar-refractivity contribution < 1.29 is 23.8 Å². The minimum atomic E-state index is -0.649. The van der Waals surface area contributed by atoms with Crippen LogP contribution in [0.2, 0.25) is 0 Å². The monoisotopic (exact) mass is 349 g/mol. The summed E-state index contributed by atoms with van der Waals surface area (Å²) in [6.45, 7) is 2.77. The Morgan fingerprint density at radius 2 is 2.00 bits per heavy atom. The third-order valence-electron chi connectivity index (χ3n) is 4.27. The van der Waals surface area contributed by atoms with Gasteiger partial charge in [-0.1, -0.05) is 30.3 Å². The Balaban J connectivity index is 1.57. The second-order valence-electron chi connectivity index (χ2n) is 6.40. The van der Waals surface area contributed by atoms with Crippen molar-refractivity contribution in [1.82, 2.24) is 4.90 Å². The van der Waals surface area contributed by atoms with Crippen molar-refractivity contribution in [2.75, 3.05) is 33.4 Å². The Labute approximate surface area is 149 Å². The van der Waals surface area contributed by atoms with E-state index in [0.717, 1.165) is 37.8 Å². The highest BCUT2D eigenvalue weighted by molar-refractivity contribution is 5.60. The third-order valence-corrected chi connectivity index (χ3v) is 4.27. The highest BCUT2D eigenvalue weighted by Gasteiger charge is 2.21. The van der Waals surface area contributed by atoms with Gasteiger partial charge >= 0.3 is 6.16 Å². The van der Waals surface area contributed by atoms with E-state index in [0.29, 0.717) is 19.6 Å². The topological polar surface area (TPSA) is 65.1 Å². The molecule has 0 aromatic heterocycles. The zero-order valence-corrected chi connectivity index (χ0v) is 14.8. The summed E-state index contributed by atoms with van der Waals surface area (Å²) in [5.41, 5.74) is 1.06. The molecule has 1 fully saturated rings. The number of carbonyl (C=O) groups excluding carboxylic acids is 2. The molecule has 1 aromatic rings. The van der Waals surface area contributed by atoms with E-state index in [4.69, 9.17) is 14.2 Å². The number of hydrogen-bond acceptors (Lipinski definition) is 6. The van der Waals surface area contributed by atoms with Gasteiger partial charge in [0.2, 0.25) is 0 Å². The van der Waals surface area contributed by atoms with Crippen LogP contribution in [0.4, 0.5) is 4.79 Å². The van der Waals surface area contributed by atoms with E-state index in [1.165, 1.54) is 0 Å². The summed E-state index contributed by atoms with van der Waals surface area (Å²) < 4.78 is 15.9. The van der Waals surface area contributed by atoms with Gasteiger partial charge in [-0.05, 0) is 31.9 Å². The molecule has 6 nitrogen and oxygen atoms in total. The number of likely N-dealkylation sites (tertiary alicyclic amines) is 1. The molecule has 1 aromatic carbocycles. The van der Waals surface area contributed by atoms with E-state index in [-0.39, 0.29) is 18.6 Å². The second kappa shape index (κ2) is 10.8. The number of ether oxygens (including phenoxy) is 3. The van der Waals surface area contributed by atoms with Crippen molar-refractivity contribution >= 4 is 12.4 Å². The molecule has 0 amide bonds. The molecular weight excluding hydrogens is 322 g/mol. The molecule has 1 unspecified atom stereocenters. The van der Waals surface area contributed by atoms with Crippen LogP contribution >= 0.6 is 0 Å². The van der Waals surface area contributed by atoms with E-state index in [9.17, 15) is 9.59 Å². The summed E-state index contributed by atoms with van der Waals surface area (Å²) in [6.07, 6.45) is 2.22. The minimum Gasteiger partial charge on any atom is -0.434 e. The number of carbonyl (C=O) groups is 2. The Hall–Kier alpha value is -1.92. The smallest absolute Gasteiger partial charge is 0.434 e. The van der Waals surface area contributed by atoms with Crippen molar-refractivity contribution in [2.24, 2.45) is 5.92 Å². The molecule has 0 saturated carbocycles. The van der Waals surface area contributed by atoms with Crippen LogP contribution < -0.4 is 0 Å². The van der Waals surface area contributed by atoms with E-state index in [1.807, 2.05) is 37.4 Å². The molecule has 25 heavy (non-hydrogen) atoms. The first-order valence-electron chi connectivity index (χ1n) is 8.76. The van der Waals surface area contributed by atoms with Gasteiger partial charge in [-0.3, -0.25) is 0 Å². The highest BCUT2D eigenvalue weighted by atomic mass is 16.7. The van der Waals surface area contributed by atoms with Crippen molar-refractivity contribution in [3.63, 3.8) is 0 Å². The molecule has 1 aliphatic rings. The lowest BCUT2D eigenvalue weighted by molar-refractivity contribution is -0.113. The largest absolute Gasteiger partial charge is 0.508 e. The summed E-state index contributed by atoms with van der Waals surface area (Å²) in [5.74, 6) is -0.292. The Bertz CT molecular complexity index is 514. The van der Waals surface area contributed by atoms with Crippen molar-refractivity contribution in [3.8, 4) is 0 Å². The van der Waals surface area contributed by atoms with Crippen LogP contribution in [-0.4, -0.2) is 56.8 Å². The van der Waals surface area contributed by atoms with E-state index in [1.54, 1.807) is 0 Å². The summed E-state index contributed by atoms with van der Waals surface area (Å²) in [6, 6.07) is 9.77. The molecule has 0 bridgehead atoms. The average Bonchev–Trinajstić information content (AvgIpc) is 2.63. The number of rotatable bonds is 9. The van der Waals surface area contributed by atoms with Crippen molar-refractivity contribution in [1.29, 1.82) is 0 Å². The fourth-order valence-corrected chi connectivity index (χ4v) is 2.66. The Morgan fingerprint density at radius 1 is 1.28 bits per heavy atom. The first-order valence-corrected chi connectivity index (χ1v) is 8.76. The van der Waals surface area contributed by atoms with Crippen LogP contribution in [0.15, 0.2) is 30.3 Å². The van der Waals surface area contributed by atoms with Gasteiger partial charge in [0.15, 0.2) is 0 Å². The normalized spacial score (nSPS) is 17.0. The molecule has 0 aliphatic carbocycles. The summed E-state index contributed by atoms with van der Waals surface area (Å²) in [5, 5.41) is 0. The van der Waals surface area contributed by atoms with Gasteiger partial charge in [-0.2, -0.15) is 0 Å². The first-order chi connectivity index (χ1) is 12.2. The lowest BCUT2D eigenvalue weighted by Crippen LogP contribution is -2.35. The molecule has 0 spiro atoms. The number of nitrogens with zero attached hydrogens (tertiary/aromatic N) is 1. The van der Waals surface area contributed by atoms with Gasteiger partial charge in [0.05, 0.1) is 19.8 Å². The van der Waals surface area contributed by atoms with Crippen LogP contribution in [0.25, 0.3) is 0 Å². The van der Waals surface area contributed by atoms with Gasteiger partial charge in [0.1, 0.15) is 12.4 Å². The molecule has 1 aliphatic heterocycles. The second-order valence-corrected chi connectivity index (χ2v) is 6.40. The highest BCUT2D eigenvalue weighted by Crippen LogP contribution is 2.13. The Morgan fingerprint density at radius 3 is 2.68 bits per heavy atom. The van der Waals surface area contributed by atoms with Crippen LogP contribution in [0.1, 0.15) is 24.8 Å². The summed E-state index contributed by atoms with van der Waals surface area (Å²) in [4.78, 5) is 25.0. The van der Waals surface area contributed by atoms with Crippen molar-refractivity contribution in [3.05, 3.63) is 35.9 Å². The van der Waals surface area contributed by atoms with Crippen LogP contribution in [0.3, 0.4) is 0 Å². The quantitative estimate of drug-likeness (QED) is 0.504.